The van der Waals surface area contributed by atoms with Crippen molar-refractivity contribution in [1.29, 1.82) is 5.26 Å². The van der Waals surface area contributed by atoms with E-state index in [2.05, 4.69) is 11.1 Å². The SMILES string of the molecule is CO[C@@H]1C[C@@H](COc2cccnc2)N(C(=O)c2cc(C#N)cn2C)C1. The van der Waals surface area contributed by atoms with Crippen molar-refractivity contribution in [3.8, 4) is 11.8 Å². The molecule has 0 radical (unpaired) electrons. The highest BCUT2D eigenvalue weighted by molar-refractivity contribution is 5.93. The summed E-state index contributed by atoms with van der Waals surface area (Å²) in [5, 5.41) is 9.03. The Morgan fingerprint density at radius 1 is 1.52 bits per heavy atom. The minimum Gasteiger partial charge on any atom is -0.490 e. The van der Waals surface area contributed by atoms with Gasteiger partial charge in [0.25, 0.3) is 5.91 Å². The average molecular weight is 340 g/mol. The third kappa shape index (κ3) is 3.64. The zero-order chi connectivity index (χ0) is 17.8. The minimum atomic E-state index is -0.122. The van der Waals surface area contributed by atoms with Crippen LogP contribution in [-0.4, -0.2) is 52.8 Å². The van der Waals surface area contributed by atoms with Crippen LogP contribution in [0.2, 0.25) is 0 Å². The van der Waals surface area contributed by atoms with E-state index in [1.165, 1.54) is 0 Å². The van der Waals surface area contributed by atoms with Crippen LogP contribution in [-0.2, 0) is 11.8 Å². The van der Waals surface area contributed by atoms with Gasteiger partial charge in [0.05, 0.1) is 23.9 Å². The quantitative estimate of drug-likeness (QED) is 0.826. The molecule has 0 aromatic carbocycles. The van der Waals surface area contributed by atoms with Crippen molar-refractivity contribution in [3.63, 3.8) is 0 Å². The van der Waals surface area contributed by atoms with Crippen LogP contribution in [0.15, 0.2) is 36.8 Å². The van der Waals surface area contributed by atoms with Gasteiger partial charge in [-0.25, -0.2) is 0 Å². The summed E-state index contributed by atoms with van der Waals surface area (Å²) in [7, 11) is 3.41. The largest absolute Gasteiger partial charge is 0.490 e. The monoisotopic (exact) mass is 340 g/mol. The molecule has 1 fully saturated rings. The molecule has 25 heavy (non-hydrogen) atoms. The fourth-order valence-corrected chi connectivity index (χ4v) is 3.06. The molecule has 1 aliphatic heterocycles. The summed E-state index contributed by atoms with van der Waals surface area (Å²) in [5.74, 6) is 0.546. The fourth-order valence-electron chi connectivity index (χ4n) is 3.06. The fraction of sp³-hybridized carbons (Fsp3) is 0.389. The summed E-state index contributed by atoms with van der Waals surface area (Å²) in [6.45, 7) is 0.871. The molecule has 3 rings (SSSR count). The van der Waals surface area contributed by atoms with Gasteiger partial charge in [-0.1, -0.05) is 0 Å². The van der Waals surface area contributed by atoms with Crippen LogP contribution in [0.25, 0.3) is 0 Å². The molecule has 2 aromatic rings. The zero-order valence-electron chi connectivity index (χ0n) is 14.3. The smallest absolute Gasteiger partial charge is 0.270 e. The zero-order valence-corrected chi connectivity index (χ0v) is 14.3. The molecular weight excluding hydrogens is 320 g/mol. The number of pyridine rings is 1. The van der Waals surface area contributed by atoms with Crippen molar-refractivity contribution in [2.75, 3.05) is 20.3 Å². The van der Waals surface area contributed by atoms with E-state index < -0.39 is 0 Å². The van der Waals surface area contributed by atoms with Crippen LogP contribution < -0.4 is 4.74 Å². The Bertz CT molecular complexity index is 781. The summed E-state index contributed by atoms with van der Waals surface area (Å²) in [4.78, 5) is 18.7. The molecule has 0 spiro atoms. The van der Waals surface area contributed by atoms with E-state index in [1.54, 1.807) is 54.3 Å². The van der Waals surface area contributed by atoms with Gasteiger partial charge in [-0.15, -0.1) is 0 Å². The summed E-state index contributed by atoms with van der Waals surface area (Å²) < 4.78 is 12.9. The van der Waals surface area contributed by atoms with Crippen LogP contribution in [0.5, 0.6) is 5.75 Å². The normalized spacial score (nSPS) is 19.6. The number of rotatable bonds is 5. The summed E-state index contributed by atoms with van der Waals surface area (Å²) in [5.41, 5.74) is 0.955. The van der Waals surface area contributed by atoms with Gasteiger partial charge in [0.1, 0.15) is 24.1 Å². The number of likely N-dealkylation sites (tertiary alicyclic amines) is 1. The Balaban J connectivity index is 1.75. The minimum absolute atomic E-state index is 0.0258. The van der Waals surface area contributed by atoms with E-state index >= 15 is 0 Å². The predicted molar refractivity (Wildman–Crippen MR) is 90.1 cm³/mol. The van der Waals surface area contributed by atoms with Crippen molar-refractivity contribution in [3.05, 3.63) is 48.0 Å². The van der Waals surface area contributed by atoms with Crippen LogP contribution in [0, 0.1) is 11.3 Å². The number of carbonyl (C=O) groups is 1. The first-order chi connectivity index (χ1) is 12.1. The molecule has 0 saturated carbocycles. The highest BCUT2D eigenvalue weighted by atomic mass is 16.5. The maximum Gasteiger partial charge on any atom is 0.270 e. The van der Waals surface area contributed by atoms with E-state index in [9.17, 15) is 4.79 Å². The van der Waals surface area contributed by atoms with E-state index in [-0.39, 0.29) is 18.1 Å². The highest BCUT2D eigenvalue weighted by Crippen LogP contribution is 2.24. The Morgan fingerprint density at radius 3 is 3.00 bits per heavy atom. The lowest BCUT2D eigenvalue weighted by atomic mass is 10.2. The third-order valence-electron chi connectivity index (χ3n) is 4.40. The number of nitriles is 1. The number of hydrogen-bond donors (Lipinski definition) is 0. The van der Waals surface area contributed by atoms with E-state index in [0.29, 0.717) is 36.6 Å². The Kier molecular flexibility index (Phi) is 5.00. The Labute approximate surface area is 146 Å². The second-order valence-electron chi connectivity index (χ2n) is 6.04. The molecule has 2 atom stereocenters. The van der Waals surface area contributed by atoms with Gasteiger partial charge in [0.15, 0.2) is 0 Å². The van der Waals surface area contributed by atoms with Crippen LogP contribution in [0.1, 0.15) is 22.5 Å². The second kappa shape index (κ2) is 7.36. The highest BCUT2D eigenvalue weighted by Gasteiger charge is 2.37. The third-order valence-corrected chi connectivity index (χ3v) is 4.40. The van der Waals surface area contributed by atoms with Crippen molar-refractivity contribution >= 4 is 5.91 Å². The molecule has 2 aromatic heterocycles. The lowest BCUT2D eigenvalue weighted by Crippen LogP contribution is -2.40. The van der Waals surface area contributed by atoms with Gasteiger partial charge >= 0.3 is 0 Å². The lowest BCUT2D eigenvalue weighted by Gasteiger charge is -2.24. The van der Waals surface area contributed by atoms with Crippen LogP contribution >= 0.6 is 0 Å². The molecule has 0 unspecified atom stereocenters. The second-order valence-corrected chi connectivity index (χ2v) is 6.04. The van der Waals surface area contributed by atoms with Crippen molar-refractivity contribution < 1.29 is 14.3 Å². The molecule has 0 N–H and O–H groups in total. The first-order valence-corrected chi connectivity index (χ1v) is 8.05. The van der Waals surface area contributed by atoms with Gasteiger partial charge in [0.2, 0.25) is 0 Å². The topological polar surface area (TPSA) is 80.4 Å². The van der Waals surface area contributed by atoms with Crippen molar-refractivity contribution in [2.45, 2.75) is 18.6 Å². The number of hydrogen-bond acceptors (Lipinski definition) is 5. The van der Waals surface area contributed by atoms with Crippen molar-refractivity contribution in [2.24, 2.45) is 7.05 Å². The lowest BCUT2D eigenvalue weighted by molar-refractivity contribution is 0.0648. The number of amides is 1. The van der Waals surface area contributed by atoms with Gasteiger partial charge in [-0.05, 0) is 24.6 Å². The number of aryl methyl sites for hydroxylation is 1. The molecule has 1 amide bonds. The molecule has 3 heterocycles. The van der Waals surface area contributed by atoms with Crippen LogP contribution in [0.3, 0.4) is 0 Å². The van der Waals surface area contributed by atoms with Gasteiger partial charge in [0, 0.05) is 33.1 Å². The Morgan fingerprint density at radius 2 is 2.36 bits per heavy atom. The van der Waals surface area contributed by atoms with Crippen molar-refractivity contribution in [1.82, 2.24) is 14.5 Å². The first-order valence-electron chi connectivity index (χ1n) is 8.05. The van der Waals surface area contributed by atoms with E-state index in [4.69, 9.17) is 14.7 Å². The molecular formula is C18H20N4O3. The predicted octanol–water partition coefficient (Wildman–Crippen LogP) is 1.60. The number of aromatic nitrogens is 2. The summed E-state index contributed by atoms with van der Waals surface area (Å²) >= 11 is 0. The molecule has 1 saturated heterocycles. The maximum atomic E-state index is 13.0. The van der Waals surface area contributed by atoms with E-state index in [1.807, 2.05) is 6.07 Å². The molecule has 0 aliphatic carbocycles. The molecule has 7 nitrogen and oxygen atoms in total. The number of nitrogens with zero attached hydrogens (tertiary/aromatic N) is 4. The number of methoxy groups -OCH3 is 1. The standard InChI is InChI=1S/C18H20N4O3/c1-21-10-13(8-19)6-17(21)18(23)22-11-16(24-2)7-14(22)12-25-15-4-3-5-20-9-15/h3-6,9-10,14,16H,7,11-12H2,1-2H3/t14-,16+/m0/s1. The Hall–Kier alpha value is -2.85. The molecule has 7 heteroatoms. The van der Waals surface area contributed by atoms with E-state index in [0.717, 1.165) is 0 Å². The first kappa shape index (κ1) is 17.0. The average Bonchev–Trinajstić information content (AvgIpc) is 3.23. The number of carbonyl (C=O) groups excluding carboxylic acids is 1. The summed E-state index contributed by atoms with van der Waals surface area (Å²) in [6, 6.07) is 7.21. The molecule has 130 valence electrons. The van der Waals surface area contributed by atoms with Gasteiger partial charge in [-0.3, -0.25) is 9.78 Å². The molecule has 1 aliphatic rings. The number of ether oxygens (including phenoxy) is 2. The molecule has 0 bridgehead atoms. The summed E-state index contributed by atoms with van der Waals surface area (Å²) in [6.07, 6.45) is 5.66. The van der Waals surface area contributed by atoms with Gasteiger partial charge < -0.3 is 18.9 Å². The van der Waals surface area contributed by atoms with Crippen LogP contribution in [0.4, 0.5) is 0 Å². The van der Waals surface area contributed by atoms with Gasteiger partial charge in [-0.2, -0.15) is 5.26 Å². The maximum absolute atomic E-state index is 13.0.